The molecule has 0 aliphatic carbocycles. The van der Waals surface area contributed by atoms with E-state index in [9.17, 15) is 0 Å². The van der Waals surface area contributed by atoms with Crippen molar-refractivity contribution in [1.29, 1.82) is 0 Å². The molecule has 18 heavy (non-hydrogen) atoms. The summed E-state index contributed by atoms with van der Waals surface area (Å²) in [7, 11) is 0. The molecule has 1 aromatic carbocycles. The van der Waals surface area contributed by atoms with E-state index < -0.39 is 0 Å². The lowest BCUT2D eigenvalue weighted by Crippen LogP contribution is -2.40. The molecule has 2 heterocycles. The molecule has 1 aliphatic heterocycles. The lowest BCUT2D eigenvalue weighted by molar-refractivity contribution is 0.136. The van der Waals surface area contributed by atoms with E-state index in [0.29, 0.717) is 6.04 Å². The van der Waals surface area contributed by atoms with Crippen LogP contribution in [0.15, 0.2) is 41.0 Å². The van der Waals surface area contributed by atoms with Crippen LogP contribution in [0.1, 0.15) is 18.2 Å². The molecule has 94 valence electrons. The topological polar surface area (TPSA) is 21.1 Å². The highest BCUT2D eigenvalue weighted by Gasteiger charge is 2.24. The summed E-state index contributed by atoms with van der Waals surface area (Å²) in [6.45, 7) is 5.19. The van der Waals surface area contributed by atoms with Crippen LogP contribution >= 0.6 is 15.9 Å². The number of hydrogen-bond acceptors (Lipinski definition) is 2. The van der Waals surface area contributed by atoms with Crippen molar-refractivity contribution in [3.8, 4) is 0 Å². The van der Waals surface area contributed by atoms with Crippen LogP contribution in [0.3, 0.4) is 0 Å². The number of nitrogens with zero attached hydrogens (tertiary/aromatic N) is 3. The number of halogens is 1. The summed E-state index contributed by atoms with van der Waals surface area (Å²) in [5.41, 5.74) is 2.65. The van der Waals surface area contributed by atoms with Crippen LogP contribution in [0.2, 0.25) is 0 Å². The molecule has 0 radical (unpaired) electrons. The zero-order valence-corrected chi connectivity index (χ0v) is 12.0. The molecule has 0 bridgehead atoms. The molecule has 0 unspecified atom stereocenters. The van der Waals surface area contributed by atoms with Crippen LogP contribution in [0, 0.1) is 0 Å². The standard InChI is InChI=1S/C14H16BrN3/c1-11-8-18-14(13(15)7-16-18)10-17(11)9-12-5-3-2-4-6-12/h2-7,11H,8-10H2,1H3/t11-/m0/s1. The third-order valence-electron chi connectivity index (χ3n) is 3.54. The van der Waals surface area contributed by atoms with E-state index in [4.69, 9.17) is 0 Å². The minimum Gasteiger partial charge on any atom is -0.289 e. The first kappa shape index (κ1) is 11.9. The highest BCUT2D eigenvalue weighted by atomic mass is 79.9. The number of fused-ring (bicyclic) bond motifs is 1. The molecule has 3 nitrogen and oxygen atoms in total. The van der Waals surface area contributed by atoms with Gasteiger partial charge in [0.1, 0.15) is 0 Å². The minimum absolute atomic E-state index is 0.518. The van der Waals surface area contributed by atoms with Crippen molar-refractivity contribution in [3.63, 3.8) is 0 Å². The summed E-state index contributed by atoms with van der Waals surface area (Å²) in [5, 5.41) is 4.39. The summed E-state index contributed by atoms with van der Waals surface area (Å²) in [4.78, 5) is 2.50. The van der Waals surface area contributed by atoms with Crippen LogP contribution in [0.25, 0.3) is 0 Å². The van der Waals surface area contributed by atoms with Crippen LogP contribution in [-0.4, -0.2) is 20.7 Å². The van der Waals surface area contributed by atoms with Crippen LogP contribution in [0.5, 0.6) is 0 Å². The molecule has 4 heteroatoms. The van der Waals surface area contributed by atoms with Gasteiger partial charge in [0.05, 0.1) is 22.9 Å². The van der Waals surface area contributed by atoms with Gasteiger partial charge in [-0.1, -0.05) is 30.3 Å². The van der Waals surface area contributed by atoms with Crippen molar-refractivity contribution in [3.05, 3.63) is 52.3 Å². The van der Waals surface area contributed by atoms with Crippen molar-refractivity contribution in [2.24, 2.45) is 0 Å². The second kappa shape index (κ2) is 4.86. The maximum Gasteiger partial charge on any atom is 0.0667 e. The highest BCUT2D eigenvalue weighted by molar-refractivity contribution is 9.10. The molecule has 1 aliphatic rings. The number of hydrogen-bond donors (Lipinski definition) is 0. The summed E-state index contributed by atoms with van der Waals surface area (Å²) in [6, 6.07) is 11.2. The maximum atomic E-state index is 4.39. The van der Waals surface area contributed by atoms with Crippen molar-refractivity contribution < 1.29 is 0 Å². The summed E-state index contributed by atoms with van der Waals surface area (Å²) < 4.78 is 3.23. The van der Waals surface area contributed by atoms with E-state index in [0.717, 1.165) is 24.1 Å². The Balaban J connectivity index is 1.80. The first-order valence-corrected chi connectivity index (χ1v) is 7.01. The predicted molar refractivity (Wildman–Crippen MR) is 75.1 cm³/mol. The molecule has 1 aromatic heterocycles. The lowest BCUT2D eigenvalue weighted by atomic mass is 10.1. The van der Waals surface area contributed by atoms with Crippen LogP contribution in [0.4, 0.5) is 0 Å². The van der Waals surface area contributed by atoms with Crippen molar-refractivity contribution in [1.82, 2.24) is 14.7 Å². The largest absolute Gasteiger partial charge is 0.289 e. The molecular formula is C14H16BrN3. The molecule has 1 atom stereocenters. The van der Waals surface area contributed by atoms with Gasteiger partial charge in [-0.3, -0.25) is 9.58 Å². The number of aromatic nitrogens is 2. The molecule has 0 saturated heterocycles. The predicted octanol–water partition coefficient (Wildman–Crippen LogP) is 3.05. The SMILES string of the molecule is C[C@H]1Cn2ncc(Br)c2CN1Cc1ccccc1. The van der Waals surface area contributed by atoms with Gasteiger partial charge in [0.15, 0.2) is 0 Å². The van der Waals surface area contributed by atoms with Gasteiger partial charge in [0, 0.05) is 19.1 Å². The van der Waals surface area contributed by atoms with Gasteiger partial charge >= 0.3 is 0 Å². The van der Waals surface area contributed by atoms with Gasteiger partial charge < -0.3 is 0 Å². The molecule has 0 fully saturated rings. The molecule has 2 aromatic rings. The van der Waals surface area contributed by atoms with Gasteiger partial charge in [-0.25, -0.2) is 0 Å². The summed E-state index contributed by atoms with van der Waals surface area (Å²) in [6.07, 6.45) is 1.90. The van der Waals surface area contributed by atoms with Crippen molar-refractivity contribution in [2.75, 3.05) is 0 Å². The smallest absolute Gasteiger partial charge is 0.0667 e. The van der Waals surface area contributed by atoms with Crippen molar-refractivity contribution in [2.45, 2.75) is 32.6 Å². The number of benzene rings is 1. The van der Waals surface area contributed by atoms with E-state index in [-0.39, 0.29) is 0 Å². The Morgan fingerprint density at radius 1 is 1.33 bits per heavy atom. The van der Waals surface area contributed by atoms with Crippen LogP contribution < -0.4 is 0 Å². The molecule has 0 N–H and O–H groups in total. The Bertz CT molecular complexity index is 535. The van der Waals surface area contributed by atoms with E-state index >= 15 is 0 Å². The van der Waals surface area contributed by atoms with Crippen LogP contribution in [-0.2, 0) is 19.6 Å². The highest BCUT2D eigenvalue weighted by Crippen LogP contribution is 2.25. The van der Waals surface area contributed by atoms with Gasteiger partial charge in [-0.2, -0.15) is 5.10 Å². The first-order chi connectivity index (χ1) is 8.74. The average Bonchev–Trinajstić information content (AvgIpc) is 2.73. The quantitative estimate of drug-likeness (QED) is 0.850. The molecular weight excluding hydrogens is 290 g/mol. The van der Waals surface area contributed by atoms with Gasteiger partial charge in [-0.05, 0) is 28.4 Å². The van der Waals surface area contributed by atoms with E-state index in [1.165, 1.54) is 11.3 Å². The van der Waals surface area contributed by atoms with Crippen molar-refractivity contribution >= 4 is 15.9 Å². The molecule has 0 amide bonds. The Morgan fingerprint density at radius 3 is 2.89 bits per heavy atom. The first-order valence-electron chi connectivity index (χ1n) is 6.22. The Kier molecular flexibility index (Phi) is 3.22. The third-order valence-corrected chi connectivity index (χ3v) is 4.20. The number of rotatable bonds is 2. The summed E-state index contributed by atoms with van der Waals surface area (Å²) in [5.74, 6) is 0. The molecule has 0 spiro atoms. The fourth-order valence-corrected chi connectivity index (χ4v) is 2.87. The zero-order chi connectivity index (χ0) is 12.5. The normalized spacial score (nSPS) is 19.8. The lowest BCUT2D eigenvalue weighted by Gasteiger charge is -2.34. The van der Waals surface area contributed by atoms with E-state index in [2.05, 4.69) is 67.9 Å². The molecule has 0 saturated carbocycles. The average molecular weight is 306 g/mol. The third kappa shape index (κ3) is 2.22. The van der Waals surface area contributed by atoms with Gasteiger partial charge in [-0.15, -0.1) is 0 Å². The summed E-state index contributed by atoms with van der Waals surface area (Å²) >= 11 is 3.57. The van der Waals surface area contributed by atoms with Gasteiger partial charge in [0.25, 0.3) is 0 Å². The Morgan fingerprint density at radius 2 is 2.11 bits per heavy atom. The minimum atomic E-state index is 0.518. The second-order valence-corrected chi connectivity index (χ2v) is 5.72. The second-order valence-electron chi connectivity index (χ2n) is 4.86. The molecule has 3 rings (SSSR count). The zero-order valence-electron chi connectivity index (χ0n) is 10.4. The Hall–Kier alpha value is -1.13. The van der Waals surface area contributed by atoms with E-state index in [1.54, 1.807) is 0 Å². The fourth-order valence-electron chi connectivity index (χ4n) is 2.45. The fraction of sp³-hybridized carbons (Fsp3) is 0.357. The van der Waals surface area contributed by atoms with E-state index in [1.807, 2.05) is 6.20 Å². The monoisotopic (exact) mass is 305 g/mol. The van der Waals surface area contributed by atoms with Gasteiger partial charge in [0.2, 0.25) is 0 Å². The Labute approximate surface area is 116 Å². The maximum absolute atomic E-state index is 4.39.